The van der Waals surface area contributed by atoms with Gasteiger partial charge >= 0.3 is 5.69 Å². The van der Waals surface area contributed by atoms with Crippen molar-refractivity contribution in [2.24, 2.45) is 0 Å². The first-order valence-electron chi connectivity index (χ1n) is 16.2. The Hall–Kier alpha value is -4.28. The zero-order chi connectivity index (χ0) is 33.7. The molecule has 1 fully saturated rings. The van der Waals surface area contributed by atoms with Gasteiger partial charge in [-0.1, -0.05) is 130 Å². The lowest BCUT2D eigenvalue weighted by molar-refractivity contribution is 0.00659. The summed E-state index contributed by atoms with van der Waals surface area (Å²) in [5, 5.41) is 2.04. The van der Waals surface area contributed by atoms with Gasteiger partial charge in [-0.2, -0.15) is 16.3 Å². The highest BCUT2D eigenvalue weighted by Gasteiger charge is 2.51. The van der Waals surface area contributed by atoms with Crippen LogP contribution in [0, 0.1) is 0 Å². The molecule has 1 aliphatic rings. The molecular formula is C39H40N2O5SSi. The molecule has 48 heavy (non-hydrogen) atoms. The second-order valence-electron chi connectivity index (χ2n) is 13.0. The lowest BCUT2D eigenvalue weighted by atomic mass is 10.1. The Morgan fingerprint density at radius 3 is 1.90 bits per heavy atom. The Bertz CT molecular complexity index is 1900. The highest BCUT2D eigenvalue weighted by Crippen LogP contribution is 2.41. The fourth-order valence-corrected chi connectivity index (χ4v) is 12.8. The Labute approximate surface area is 286 Å². The van der Waals surface area contributed by atoms with Gasteiger partial charge < -0.3 is 9.16 Å². The topological polar surface area (TPSA) is 79.5 Å². The number of aromatic nitrogens is 2. The average Bonchev–Trinajstić information content (AvgIpc) is 3.51. The molecule has 0 aliphatic carbocycles. The van der Waals surface area contributed by atoms with Crippen LogP contribution in [0.15, 0.2) is 143 Å². The lowest BCUT2D eigenvalue weighted by Gasteiger charge is -2.43. The minimum atomic E-state index is -2.84. The lowest BCUT2D eigenvalue weighted by Crippen LogP contribution is -2.67. The number of carbonyl (C=O) groups excluding carboxylic acids is 1. The van der Waals surface area contributed by atoms with Gasteiger partial charge in [0.1, 0.15) is 0 Å². The molecule has 0 unspecified atom stereocenters. The van der Waals surface area contributed by atoms with Crippen LogP contribution in [-0.2, 0) is 15.8 Å². The molecule has 0 radical (unpaired) electrons. The molecule has 0 spiro atoms. The number of hydrogen-bond donors (Lipinski definition) is 0. The van der Waals surface area contributed by atoms with Crippen LogP contribution in [0.3, 0.4) is 0 Å². The summed E-state index contributed by atoms with van der Waals surface area (Å²) >= 11 is 1.69. The summed E-state index contributed by atoms with van der Waals surface area (Å²) in [5.74, 6) is -0.106. The SMILES string of the molecule is CC(C)(C)[Si](OC[C@H]1SC[C@@H](n2ccc(=O)n(C(=O)c3ccccc3)c2=O)[C@@H]1OCc1ccccc1)(c1ccccc1)c1ccccc1. The maximum Gasteiger partial charge on any atom is 0.338 e. The van der Waals surface area contributed by atoms with E-state index in [1.165, 1.54) is 27.2 Å². The maximum atomic E-state index is 14.0. The molecule has 246 valence electrons. The first kappa shape index (κ1) is 33.6. The summed E-state index contributed by atoms with van der Waals surface area (Å²) in [4.78, 5) is 40.3. The number of nitrogens with zero attached hydrogens (tertiary/aromatic N) is 2. The Morgan fingerprint density at radius 1 is 0.792 bits per heavy atom. The summed E-state index contributed by atoms with van der Waals surface area (Å²) < 4.78 is 16.2. The summed E-state index contributed by atoms with van der Waals surface area (Å²) in [6.45, 7) is 7.49. The molecule has 1 saturated heterocycles. The van der Waals surface area contributed by atoms with Crippen molar-refractivity contribution in [3.05, 3.63) is 166 Å². The first-order valence-corrected chi connectivity index (χ1v) is 19.1. The van der Waals surface area contributed by atoms with E-state index in [0.29, 0.717) is 19.0 Å². The summed E-state index contributed by atoms with van der Waals surface area (Å²) in [7, 11) is -2.84. The third-order valence-electron chi connectivity index (χ3n) is 8.98. The second-order valence-corrected chi connectivity index (χ2v) is 18.6. The number of thioether (sulfide) groups is 1. The highest BCUT2D eigenvalue weighted by molar-refractivity contribution is 8.00. The zero-order valence-electron chi connectivity index (χ0n) is 27.4. The molecule has 1 aliphatic heterocycles. The fourth-order valence-electron chi connectivity index (χ4n) is 6.64. The van der Waals surface area contributed by atoms with Crippen LogP contribution >= 0.6 is 11.8 Å². The number of carbonyl (C=O) groups is 1. The number of rotatable bonds is 10. The van der Waals surface area contributed by atoms with E-state index in [4.69, 9.17) is 9.16 Å². The summed E-state index contributed by atoms with van der Waals surface area (Å²) in [6.07, 6.45) is 1.05. The van der Waals surface area contributed by atoms with Gasteiger partial charge in [-0.15, -0.1) is 0 Å². The molecule has 3 atom stereocenters. The molecule has 0 N–H and O–H groups in total. The molecule has 9 heteroatoms. The molecule has 7 nitrogen and oxygen atoms in total. The van der Waals surface area contributed by atoms with Crippen LogP contribution in [0.2, 0.25) is 5.04 Å². The van der Waals surface area contributed by atoms with Gasteiger partial charge in [0.25, 0.3) is 19.8 Å². The van der Waals surface area contributed by atoms with Crippen molar-refractivity contribution in [1.29, 1.82) is 0 Å². The zero-order valence-corrected chi connectivity index (χ0v) is 29.2. The molecule has 4 aromatic carbocycles. The molecule has 5 aromatic rings. The Kier molecular flexibility index (Phi) is 10.1. The minimum Gasteiger partial charge on any atom is -0.406 e. The van der Waals surface area contributed by atoms with Crippen LogP contribution in [-0.4, -0.2) is 47.1 Å². The van der Waals surface area contributed by atoms with Gasteiger partial charge in [-0.25, -0.2) is 4.79 Å². The van der Waals surface area contributed by atoms with Crippen molar-refractivity contribution < 1.29 is 14.0 Å². The van der Waals surface area contributed by atoms with E-state index in [0.717, 1.165) is 10.1 Å². The third-order valence-corrected chi connectivity index (χ3v) is 15.4. The predicted octanol–water partition coefficient (Wildman–Crippen LogP) is 5.52. The van der Waals surface area contributed by atoms with Gasteiger partial charge in [0.05, 0.1) is 24.0 Å². The van der Waals surface area contributed by atoms with E-state index < -0.39 is 37.6 Å². The summed E-state index contributed by atoms with van der Waals surface area (Å²) in [6, 6.07) is 40.2. The summed E-state index contributed by atoms with van der Waals surface area (Å²) in [5.41, 5.74) is -0.0621. The van der Waals surface area contributed by atoms with E-state index in [1.54, 1.807) is 42.1 Å². The fraction of sp³-hybridized carbons (Fsp3) is 0.256. The van der Waals surface area contributed by atoms with Gasteiger partial charge in [0, 0.05) is 30.2 Å². The van der Waals surface area contributed by atoms with E-state index >= 15 is 0 Å². The van der Waals surface area contributed by atoms with Crippen LogP contribution in [0.1, 0.15) is 42.7 Å². The van der Waals surface area contributed by atoms with Gasteiger partial charge in [-0.3, -0.25) is 14.2 Å². The quantitative estimate of drug-likeness (QED) is 0.182. The molecule has 0 bridgehead atoms. The van der Waals surface area contributed by atoms with Crippen molar-refractivity contribution >= 4 is 36.4 Å². The smallest absolute Gasteiger partial charge is 0.338 e. The number of ether oxygens (including phenoxy) is 1. The van der Waals surface area contributed by atoms with Gasteiger partial charge in [0.2, 0.25) is 0 Å². The molecule has 0 saturated carbocycles. The van der Waals surface area contributed by atoms with Crippen LogP contribution in [0.25, 0.3) is 0 Å². The Morgan fingerprint density at radius 2 is 1.33 bits per heavy atom. The second kappa shape index (κ2) is 14.5. The van der Waals surface area contributed by atoms with Gasteiger partial charge in [-0.05, 0) is 33.1 Å². The van der Waals surface area contributed by atoms with Gasteiger partial charge in [0.15, 0.2) is 0 Å². The highest BCUT2D eigenvalue weighted by atomic mass is 32.2. The minimum absolute atomic E-state index is 0.127. The molecule has 1 aromatic heterocycles. The van der Waals surface area contributed by atoms with E-state index in [2.05, 4.69) is 69.3 Å². The molecule has 0 amide bonds. The number of benzene rings is 4. The first-order chi connectivity index (χ1) is 23.2. The van der Waals surface area contributed by atoms with E-state index in [1.807, 2.05) is 42.5 Å². The Balaban J connectivity index is 1.37. The van der Waals surface area contributed by atoms with Crippen molar-refractivity contribution in [2.75, 3.05) is 12.4 Å². The molecule has 2 heterocycles. The maximum absolute atomic E-state index is 14.0. The van der Waals surface area contributed by atoms with Crippen molar-refractivity contribution in [3.63, 3.8) is 0 Å². The largest absolute Gasteiger partial charge is 0.406 e. The third kappa shape index (κ3) is 6.68. The monoisotopic (exact) mass is 676 g/mol. The van der Waals surface area contributed by atoms with Crippen molar-refractivity contribution in [1.82, 2.24) is 9.13 Å². The van der Waals surface area contributed by atoms with Crippen LogP contribution in [0.4, 0.5) is 0 Å². The normalized spacial score (nSPS) is 18.1. The predicted molar refractivity (Wildman–Crippen MR) is 195 cm³/mol. The van der Waals surface area contributed by atoms with E-state index in [-0.39, 0.29) is 15.9 Å². The standard InChI is InChI=1S/C39H40N2O5SSi/c1-39(2,3)48(31-20-12-6-13-21-31,32-22-14-7-15-23-32)46-27-34-36(45-26-29-16-8-4-9-17-29)33(28-47-34)40-25-24-35(42)41(38(40)44)37(43)30-18-10-5-11-19-30/h4-25,33-34,36H,26-28H2,1-3H3/t33-,34-,36+/m1/s1. The van der Waals surface area contributed by atoms with Crippen molar-refractivity contribution in [3.8, 4) is 0 Å². The van der Waals surface area contributed by atoms with Crippen molar-refractivity contribution in [2.45, 2.75) is 49.8 Å². The van der Waals surface area contributed by atoms with Crippen LogP contribution < -0.4 is 21.6 Å². The van der Waals surface area contributed by atoms with E-state index in [9.17, 15) is 14.4 Å². The van der Waals surface area contributed by atoms with Crippen LogP contribution in [0.5, 0.6) is 0 Å². The molecular weight excluding hydrogens is 637 g/mol. The molecule has 6 rings (SSSR count). The number of hydrogen-bond acceptors (Lipinski definition) is 6. The average molecular weight is 677 g/mol.